The topological polar surface area (TPSA) is 175 Å². The molecule has 12 nitrogen and oxygen atoms in total. The Balaban J connectivity index is 2.73. The summed E-state index contributed by atoms with van der Waals surface area (Å²) in [6.45, 7) is 5.63. The van der Waals surface area contributed by atoms with Crippen molar-refractivity contribution in [3.05, 3.63) is 146 Å². The zero-order valence-corrected chi connectivity index (χ0v) is 50.0. The molecule has 0 amide bonds. The number of carbonyl (C=O) groups excluding carboxylic acids is 3. The van der Waals surface area contributed by atoms with E-state index in [0.717, 1.165) is 154 Å². The fourth-order valence-corrected chi connectivity index (χ4v) is 8.22. The Labute approximate surface area is 489 Å². The second-order valence-corrected chi connectivity index (χ2v) is 20.2. The predicted octanol–water partition coefficient (Wildman–Crippen LogP) is 16.3. The van der Waals surface area contributed by atoms with E-state index in [2.05, 4.69) is 167 Å². The molecule has 0 radical (unpaired) electrons. The molecule has 0 saturated carbocycles. The van der Waals surface area contributed by atoms with Crippen molar-refractivity contribution in [2.75, 3.05) is 13.2 Å². The van der Waals surface area contributed by atoms with Gasteiger partial charge in [0.1, 0.15) is 18.8 Å². The van der Waals surface area contributed by atoms with Crippen LogP contribution in [0.15, 0.2) is 146 Å². The number of allylic oxidation sites excluding steroid dienone is 24. The van der Waals surface area contributed by atoms with E-state index in [4.69, 9.17) is 23.7 Å². The maximum atomic E-state index is 13.2. The van der Waals surface area contributed by atoms with Crippen LogP contribution < -0.4 is 0 Å². The van der Waals surface area contributed by atoms with Gasteiger partial charge in [-0.25, -0.2) is 4.79 Å². The molecule has 0 bridgehead atoms. The van der Waals surface area contributed by atoms with Crippen molar-refractivity contribution in [2.24, 2.45) is 0 Å². The van der Waals surface area contributed by atoms with Gasteiger partial charge in [0.2, 0.25) is 0 Å². The molecule has 6 atom stereocenters. The lowest BCUT2D eigenvalue weighted by Crippen LogP contribution is -2.61. The first-order valence-electron chi connectivity index (χ1n) is 30.8. The molecule has 1 heterocycles. The number of aliphatic carboxylic acids is 1. The van der Waals surface area contributed by atoms with Crippen molar-refractivity contribution >= 4 is 23.9 Å². The van der Waals surface area contributed by atoms with Gasteiger partial charge in [-0.1, -0.05) is 205 Å². The summed E-state index contributed by atoms with van der Waals surface area (Å²) in [5.74, 6) is -3.25. The van der Waals surface area contributed by atoms with E-state index in [1.54, 1.807) is 0 Å². The highest BCUT2D eigenvalue weighted by Crippen LogP contribution is 2.26. The molecule has 1 aliphatic rings. The number of carboxylic acid groups (broad SMARTS) is 1. The third kappa shape index (κ3) is 44.9. The first kappa shape index (κ1) is 73.6. The number of carbonyl (C=O) groups is 4. The van der Waals surface area contributed by atoms with Gasteiger partial charge in [0, 0.05) is 19.3 Å². The standard InChI is InChI=1S/C69H106O12/c1-4-7-10-13-16-19-22-25-27-29-31-33-35-38-40-43-46-49-52-55-61(70)77-58-60(79-62(71)56-53-50-47-44-41-37-24-21-18-15-12-9-6-3)59-78-69-67(65(74)64(73)66(81-69)68(75)76)80-63(72)57-54-51-48-45-42-39-36-34-32-30-28-26-23-20-17-14-11-8-5-2/h7-8,10-12,15-17,19-21,24-28,31-34,38-40,42,60,64-67,69,73-74H,4-6,9,13-14,18,22-23,29-30,35-37,41,43-59H2,1-3H3,(H,75,76)/b10-7-,11-8-,15-12-,19-16-,20-17-,24-21-,27-25-,28-26-,33-31-,34-32-,40-38-,42-39-. The third-order valence-corrected chi connectivity index (χ3v) is 12.9. The molecular formula is C69H106O12. The number of esters is 3. The highest BCUT2D eigenvalue weighted by Gasteiger charge is 2.50. The molecule has 1 fully saturated rings. The minimum Gasteiger partial charge on any atom is -0.479 e. The number of hydrogen-bond acceptors (Lipinski definition) is 11. The van der Waals surface area contributed by atoms with Crippen LogP contribution in [0, 0.1) is 0 Å². The average molecular weight is 1130 g/mol. The Morgan fingerprint density at radius 1 is 0.420 bits per heavy atom. The molecule has 454 valence electrons. The van der Waals surface area contributed by atoms with E-state index < -0.39 is 67.3 Å². The first-order valence-corrected chi connectivity index (χ1v) is 30.8. The molecule has 6 unspecified atom stereocenters. The SMILES string of the molecule is CC/C=C\C/C=C\C/C=C\C/C=C\C/C=C\CCCCCC(=O)OCC(COC1OC(C(=O)O)C(O)C(O)C1OC(=O)CCCCC/C=C\C/C=C\C/C=C\C/C=C\C/C=C\CC)OC(=O)CCCCCCC/C=C\C/C=C\CCC. The second-order valence-electron chi connectivity index (χ2n) is 20.2. The molecule has 1 saturated heterocycles. The Morgan fingerprint density at radius 3 is 1.20 bits per heavy atom. The lowest BCUT2D eigenvalue weighted by atomic mass is 9.98. The van der Waals surface area contributed by atoms with Crippen molar-refractivity contribution in [2.45, 2.75) is 250 Å². The Hall–Kier alpha value is -5.40. The van der Waals surface area contributed by atoms with Crippen LogP contribution >= 0.6 is 0 Å². The van der Waals surface area contributed by atoms with Gasteiger partial charge in [-0.15, -0.1) is 0 Å². The number of ether oxygens (including phenoxy) is 5. The van der Waals surface area contributed by atoms with Crippen molar-refractivity contribution < 1.29 is 58.2 Å². The van der Waals surface area contributed by atoms with E-state index in [1.807, 2.05) is 0 Å². The number of carboxylic acids is 1. The fourth-order valence-electron chi connectivity index (χ4n) is 8.22. The summed E-state index contributed by atoms with van der Waals surface area (Å²) in [5, 5.41) is 31.5. The number of rotatable bonds is 50. The summed E-state index contributed by atoms with van der Waals surface area (Å²) in [7, 11) is 0. The number of hydrogen-bond donors (Lipinski definition) is 3. The first-order chi connectivity index (χ1) is 39.6. The van der Waals surface area contributed by atoms with Gasteiger partial charge in [-0.05, 0) is 135 Å². The van der Waals surface area contributed by atoms with Crippen LogP contribution in [0.2, 0.25) is 0 Å². The summed E-state index contributed by atoms with van der Waals surface area (Å²) in [6.07, 6.45) is 66.6. The van der Waals surface area contributed by atoms with Crippen LogP contribution in [0.25, 0.3) is 0 Å². The molecule has 0 aliphatic carbocycles. The van der Waals surface area contributed by atoms with Gasteiger partial charge in [-0.2, -0.15) is 0 Å². The summed E-state index contributed by atoms with van der Waals surface area (Å²) < 4.78 is 28.4. The van der Waals surface area contributed by atoms with Crippen LogP contribution in [0.4, 0.5) is 0 Å². The minimum atomic E-state index is -1.93. The third-order valence-electron chi connectivity index (χ3n) is 12.9. The second kappa shape index (κ2) is 55.2. The number of unbranched alkanes of at least 4 members (excludes halogenated alkanes) is 12. The van der Waals surface area contributed by atoms with Crippen LogP contribution in [0.5, 0.6) is 0 Å². The molecule has 0 spiro atoms. The Bertz CT molecular complexity index is 1960. The lowest BCUT2D eigenvalue weighted by Gasteiger charge is -2.40. The maximum Gasteiger partial charge on any atom is 0.335 e. The van der Waals surface area contributed by atoms with Gasteiger partial charge < -0.3 is 39.0 Å². The maximum absolute atomic E-state index is 13.2. The summed E-state index contributed by atoms with van der Waals surface area (Å²) in [6, 6.07) is 0. The summed E-state index contributed by atoms with van der Waals surface area (Å²) >= 11 is 0. The minimum absolute atomic E-state index is 0.00763. The molecule has 81 heavy (non-hydrogen) atoms. The Morgan fingerprint density at radius 2 is 0.778 bits per heavy atom. The van der Waals surface area contributed by atoms with Crippen LogP contribution in [0.3, 0.4) is 0 Å². The van der Waals surface area contributed by atoms with Gasteiger partial charge in [0.05, 0.1) is 6.61 Å². The van der Waals surface area contributed by atoms with Crippen molar-refractivity contribution in [1.82, 2.24) is 0 Å². The zero-order valence-electron chi connectivity index (χ0n) is 50.0. The van der Waals surface area contributed by atoms with E-state index in [-0.39, 0.29) is 25.9 Å². The van der Waals surface area contributed by atoms with Crippen LogP contribution in [0.1, 0.15) is 213 Å². The average Bonchev–Trinajstić information content (AvgIpc) is 3.45. The molecule has 12 heteroatoms. The molecule has 3 N–H and O–H groups in total. The van der Waals surface area contributed by atoms with Crippen molar-refractivity contribution in [3.8, 4) is 0 Å². The Kier molecular flexibility index (Phi) is 50.1. The molecule has 1 rings (SSSR count). The van der Waals surface area contributed by atoms with Gasteiger partial charge >= 0.3 is 23.9 Å². The van der Waals surface area contributed by atoms with Gasteiger partial charge in [0.15, 0.2) is 24.6 Å². The normalized spacial score (nSPS) is 18.8. The van der Waals surface area contributed by atoms with Crippen molar-refractivity contribution in [1.29, 1.82) is 0 Å². The van der Waals surface area contributed by atoms with Crippen LogP contribution in [-0.4, -0.2) is 89.2 Å². The van der Waals surface area contributed by atoms with Crippen molar-refractivity contribution in [3.63, 3.8) is 0 Å². The monoisotopic (exact) mass is 1130 g/mol. The van der Waals surface area contributed by atoms with E-state index >= 15 is 0 Å². The predicted molar refractivity (Wildman–Crippen MR) is 330 cm³/mol. The smallest absolute Gasteiger partial charge is 0.335 e. The number of aliphatic hydroxyl groups excluding tert-OH is 2. The number of aliphatic hydroxyl groups is 2. The molecule has 0 aromatic carbocycles. The van der Waals surface area contributed by atoms with Gasteiger partial charge in [-0.3, -0.25) is 14.4 Å². The molecule has 1 aliphatic heterocycles. The van der Waals surface area contributed by atoms with E-state index in [1.165, 1.54) is 0 Å². The van der Waals surface area contributed by atoms with Crippen LogP contribution in [-0.2, 0) is 42.9 Å². The van der Waals surface area contributed by atoms with E-state index in [9.17, 15) is 34.5 Å². The van der Waals surface area contributed by atoms with E-state index in [0.29, 0.717) is 19.3 Å². The van der Waals surface area contributed by atoms with Gasteiger partial charge in [0.25, 0.3) is 0 Å². The molecule has 0 aromatic rings. The zero-order chi connectivity index (χ0) is 58.9. The molecular weight excluding hydrogens is 1020 g/mol. The fraction of sp³-hybridized carbons (Fsp3) is 0.594. The lowest BCUT2D eigenvalue weighted by molar-refractivity contribution is -0.301. The quantitative estimate of drug-likeness (QED) is 0.0228. The summed E-state index contributed by atoms with van der Waals surface area (Å²) in [5.41, 5.74) is 0. The highest BCUT2D eigenvalue weighted by atomic mass is 16.7. The summed E-state index contributed by atoms with van der Waals surface area (Å²) in [4.78, 5) is 51.2. The largest absolute Gasteiger partial charge is 0.479 e. The molecule has 0 aromatic heterocycles. The highest BCUT2D eigenvalue weighted by molar-refractivity contribution is 5.74.